The zero-order valence-electron chi connectivity index (χ0n) is 20.1. The molecule has 1 atom stereocenters. The molecule has 7 heteroatoms. The van der Waals surface area contributed by atoms with Crippen LogP contribution in [-0.4, -0.2) is 35.4 Å². The molecule has 0 aliphatic carbocycles. The van der Waals surface area contributed by atoms with E-state index in [-0.39, 0.29) is 31.0 Å². The van der Waals surface area contributed by atoms with Crippen molar-refractivity contribution in [1.82, 2.24) is 10.2 Å². The third-order valence-electron chi connectivity index (χ3n) is 5.44. The summed E-state index contributed by atoms with van der Waals surface area (Å²) >= 11 is 9.68. The van der Waals surface area contributed by atoms with Gasteiger partial charge in [0.15, 0.2) is 6.61 Å². The average Bonchev–Trinajstić information content (AvgIpc) is 2.82. The quantitative estimate of drug-likeness (QED) is 0.335. The van der Waals surface area contributed by atoms with Gasteiger partial charge in [-0.15, -0.1) is 0 Å². The van der Waals surface area contributed by atoms with E-state index in [0.29, 0.717) is 17.2 Å². The summed E-state index contributed by atoms with van der Waals surface area (Å²) in [5, 5.41) is 3.55. The summed E-state index contributed by atoms with van der Waals surface area (Å²) in [7, 11) is 0. The van der Waals surface area contributed by atoms with Crippen molar-refractivity contribution in [2.45, 2.75) is 45.8 Å². The number of carbonyl (C=O) groups excluding carboxylic acids is 2. The molecule has 0 spiro atoms. The summed E-state index contributed by atoms with van der Waals surface area (Å²) in [6.07, 6.45) is 0.378. The lowest BCUT2D eigenvalue weighted by molar-refractivity contribution is -0.143. The number of benzene rings is 3. The zero-order chi connectivity index (χ0) is 25.4. The number of carbonyl (C=O) groups is 2. The van der Waals surface area contributed by atoms with Gasteiger partial charge in [-0.1, -0.05) is 70.0 Å². The zero-order valence-corrected chi connectivity index (χ0v) is 22.5. The molecule has 1 N–H and O–H groups in total. The van der Waals surface area contributed by atoms with Gasteiger partial charge in [-0.2, -0.15) is 0 Å². The summed E-state index contributed by atoms with van der Waals surface area (Å²) in [6, 6.07) is 21.8. The van der Waals surface area contributed by atoms with Gasteiger partial charge in [-0.3, -0.25) is 9.59 Å². The highest BCUT2D eigenvalue weighted by Crippen LogP contribution is 2.22. The van der Waals surface area contributed by atoms with Crippen LogP contribution in [0.3, 0.4) is 0 Å². The number of nitrogens with one attached hydrogen (secondary N) is 1. The predicted molar refractivity (Wildman–Crippen MR) is 144 cm³/mol. The van der Waals surface area contributed by atoms with E-state index in [9.17, 15) is 9.59 Å². The summed E-state index contributed by atoms with van der Waals surface area (Å²) in [4.78, 5) is 28.5. The maximum Gasteiger partial charge on any atom is 0.261 e. The van der Waals surface area contributed by atoms with Crippen LogP contribution in [0.4, 0.5) is 0 Å². The van der Waals surface area contributed by atoms with Crippen LogP contribution in [0, 0.1) is 6.92 Å². The van der Waals surface area contributed by atoms with Crippen LogP contribution >= 0.6 is 27.5 Å². The van der Waals surface area contributed by atoms with Crippen molar-refractivity contribution in [3.8, 4) is 5.75 Å². The molecule has 0 saturated carbocycles. The Morgan fingerprint density at radius 3 is 2.37 bits per heavy atom. The van der Waals surface area contributed by atoms with Gasteiger partial charge in [0.1, 0.15) is 11.8 Å². The maximum absolute atomic E-state index is 13.6. The fourth-order valence-corrected chi connectivity index (χ4v) is 4.16. The molecule has 5 nitrogen and oxygen atoms in total. The summed E-state index contributed by atoms with van der Waals surface area (Å²) in [5.74, 6) is 0.0945. The van der Waals surface area contributed by atoms with Crippen molar-refractivity contribution in [1.29, 1.82) is 0 Å². The third kappa shape index (κ3) is 8.11. The molecule has 184 valence electrons. The highest BCUT2D eigenvalue weighted by molar-refractivity contribution is 9.10. The van der Waals surface area contributed by atoms with Crippen LogP contribution in [0.2, 0.25) is 5.02 Å². The van der Waals surface area contributed by atoms with Gasteiger partial charge in [-0.05, 0) is 67.8 Å². The first-order valence-corrected chi connectivity index (χ1v) is 12.7. The van der Waals surface area contributed by atoms with E-state index in [1.54, 1.807) is 23.1 Å². The van der Waals surface area contributed by atoms with Crippen LogP contribution in [0.25, 0.3) is 0 Å². The lowest BCUT2D eigenvalue weighted by Crippen LogP contribution is -2.52. The third-order valence-corrected chi connectivity index (χ3v) is 6.56. The summed E-state index contributed by atoms with van der Waals surface area (Å²) in [5.41, 5.74) is 2.80. The van der Waals surface area contributed by atoms with Crippen molar-refractivity contribution in [3.63, 3.8) is 0 Å². The second kappa shape index (κ2) is 12.8. The van der Waals surface area contributed by atoms with Gasteiger partial charge in [0.25, 0.3) is 5.91 Å². The molecule has 0 fully saturated rings. The molecule has 0 aliphatic rings. The van der Waals surface area contributed by atoms with Crippen LogP contribution in [0.15, 0.2) is 77.3 Å². The highest BCUT2D eigenvalue weighted by Gasteiger charge is 2.31. The molecule has 35 heavy (non-hydrogen) atoms. The van der Waals surface area contributed by atoms with Crippen LogP contribution < -0.4 is 10.1 Å². The Morgan fingerprint density at radius 1 is 1.00 bits per heavy atom. The Bertz CT molecular complexity index is 1150. The van der Waals surface area contributed by atoms with E-state index < -0.39 is 6.04 Å². The van der Waals surface area contributed by atoms with Crippen LogP contribution in [-0.2, 0) is 22.6 Å². The molecule has 0 aromatic heterocycles. The topological polar surface area (TPSA) is 58.6 Å². The molecule has 3 aromatic carbocycles. The first-order valence-electron chi connectivity index (χ1n) is 11.5. The van der Waals surface area contributed by atoms with Gasteiger partial charge >= 0.3 is 0 Å². The second-order valence-electron chi connectivity index (χ2n) is 8.72. The lowest BCUT2D eigenvalue weighted by atomic mass is 10.0. The van der Waals surface area contributed by atoms with E-state index in [4.69, 9.17) is 16.3 Å². The Balaban J connectivity index is 1.91. The Hall–Kier alpha value is -2.83. The van der Waals surface area contributed by atoms with E-state index in [0.717, 1.165) is 21.2 Å². The normalized spacial score (nSPS) is 11.7. The number of rotatable bonds is 10. The van der Waals surface area contributed by atoms with Gasteiger partial charge in [0, 0.05) is 28.5 Å². The van der Waals surface area contributed by atoms with Crippen molar-refractivity contribution in [2.75, 3.05) is 6.61 Å². The lowest BCUT2D eigenvalue weighted by Gasteiger charge is -2.32. The molecule has 0 unspecified atom stereocenters. The minimum absolute atomic E-state index is 0.0640. The van der Waals surface area contributed by atoms with E-state index in [1.165, 1.54) is 0 Å². The number of amides is 2. The monoisotopic (exact) mass is 556 g/mol. The molecule has 0 heterocycles. The molecule has 0 bridgehead atoms. The largest absolute Gasteiger partial charge is 0.484 e. The molecule has 0 radical (unpaired) electrons. The van der Waals surface area contributed by atoms with E-state index >= 15 is 0 Å². The van der Waals surface area contributed by atoms with Gasteiger partial charge < -0.3 is 15.0 Å². The standard InChI is InChI=1S/C28H30BrClN2O3/c1-19(2)31-28(34)26(16-21-8-5-4-6-9-21)32(17-22-10-7-11-23(30)15-22)27(33)18-35-24-12-13-25(29)20(3)14-24/h4-15,19,26H,16-18H2,1-3H3,(H,31,34)/t26-/m1/s1. The van der Waals surface area contributed by atoms with E-state index in [2.05, 4.69) is 21.2 Å². The molecular weight excluding hydrogens is 528 g/mol. The number of hydrogen-bond acceptors (Lipinski definition) is 3. The van der Waals surface area contributed by atoms with Gasteiger partial charge in [-0.25, -0.2) is 0 Å². The molecule has 3 rings (SSSR count). The predicted octanol–water partition coefficient (Wildman–Crippen LogP) is 5.95. The molecular formula is C28H30BrClN2O3. The first kappa shape index (κ1) is 26.8. The van der Waals surface area contributed by atoms with Crippen LogP contribution in [0.5, 0.6) is 5.75 Å². The minimum Gasteiger partial charge on any atom is -0.484 e. The Kier molecular flexibility index (Phi) is 9.75. The number of hydrogen-bond donors (Lipinski definition) is 1. The first-order chi connectivity index (χ1) is 16.7. The van der Waals surface area contributed by atoms with E-state index in [1.807, 2.05) is 75.4 Å². The molecule has 0 aliphatic heterocycles. The van der Waals surface area contributed by atoms with Crippen LogP contribution in [0.1, 0.15) is 30.5 Å². The van der Waals surface area contributed by atoms with Crippen molar-refractivity contribution in [2.24, 2.45) is 0 Å². The fraction of sp³-hybridized carbons (Fsp3) is 0.286. The van der Waals surface area contributed by atoms with Gasteiger partial charge in [0.05, 0.1) is 0 Å². The fourth-order valence-electron chi connectivity index (χ4n) is 3.70. The average molecular weight is 558 g/mol. The highest BCUT2D eigenvalue weighted by atomic mass is 79.9. The molecule has 0 saturated heterocycles. The van der Waals surface area contributed by atoms with Gasteiger partial charge in [0.2, 0.25) is 5.91 Å². The van der Waals surface area contributed by atoms with Crippen molar-refractivity contribution < 1.29 is 14.3 Å². The Morgan fingerprint density at radius 2 is 1.71 bits per heavy atom. The minimum atomic E-state index is -0.721. The maximum atomic E-state index is 13.6. The smallest absolute Gasteiger partial charge is 0.261 e. The number of aryl methyl sites for hydroxylation is 1. The SMILES string of the molecule is Cc1cc(OCC(=O)N(Cc2cccc(Cl)c2)[C@H](Cc2ccccc2)C(=O)NC(C)C)ccc1Br. The van der Waals surface area contributed by atoms with Crippen molar-refractivity contribution in [3.05, 3.63) is 99.0 Å². The number of halogens is 2. The number of nitrogens with zero attached hydrogens (tertiary/aromatic N) is 1. The Labute approximate surface area is 220 Å². The molecule has 3 aromatic rings. The summed E-state index contributed by atoms with van der Waals surface area (Å²) in [6.45, 7) is 5.79. The molecule has 2 amide bonds. The second-order valence-corrected chi connectivity index (χ2v) is 10.0. The summed E-state index contributed by atoms with van der Waals surface area (Å²) < 4.78 is 6.80. The number of ether oxygens (including phenoxy) is 1. The van der Waals surface area contributed by atoms with Crippen molar-refractivity contribution >= 4 is 39.3 Å².